The lowest BCUT2D eigenvalue weighted by Gasteiger charge is -2.02. The monoisotopic (exact) mass is 193 g/mol. The lowest BCUT2D eigenvalue weighted by Crippen LogP contribution is -2.13. The van der Waals surface area contributed by atoms with E-state index < -0.39 is 5.92 Å². The van der Waals surface area contributed by atoms with Gasteiger partial charge in [0.1, 0.15) is 0 Å². The van der Waals surface area contributed by atoms with Crippen molar-refractivity contribution in [1.82, 2.24) is 0 Å². The van der Waals surface area contributed by atoms with Gasteiger partial charge in [0, 0.05) is 0 Å². The molecule has 0 aliphatic rings. The molecule has 0 fully saturated rings. The summed E-state index contributed by atoms with van der Waals surface area (Å²) in [6, 6.07) is 0. The van der Waals surface area contributed by atoms with Crippen LogP contribution in [0.3, 0.4) is 0 Å². The van der Waals surface area contributed by atoms with Gasteiger partial charge < -0.3 is 0 Å². The maximum Gasteiger partial charge on any atom is 0.210 e. The highest BCUT2D eigenvalue weighted by molar-refractivity contribution is 6.01. The Morgan fingerprint density at radius 1 is 1.21 bits per heavy atom. The number of ketones is 1. The second-order valence-electron chi connectivity index (χ2n) is 3.81. The number of hydrogen-bond acceptors (Lipinski definition) is 2. The highest BCUT2D eigenvalue weighted by Crippen LogP contribution is 2.07. The van der Waals surface area contributed by atoms with Crippen LogP contribution in [0.5, 0.6) is 0 Å². The van der Waals surface area contributed by atoms with Crippen LogP contribution in [0.15, 0.2) is 23.3 Å². The standard InChI is InChI=1S/C12H17O2/c1-9(2)5-6-11(8-13)12(14)7-10(3)4/h5,7,11H,6H2,1-4H3. The van der Waals surface area contributed by atoms with Crippen LogP contribution in [-0.4, -0.2) is 12.1 Å². The van der Waals surface area contributed by atoms with Gasteiger partial charge in [-0.05, 0) is 40.2 Å². The van der Waals surface area contributed by atoms with Gasteiger partial charge in [0.25, 0.3) is 0 Å². The lowest BCUT2D eigenvalue weighted by atomic mass is 9.99. The van der Waals surface area contributed by atoms with E-state index in [1.165, 1.54) is 6.08 Å². The Hall–Kier alpha value is -1.18. The van der Waals surface area contributed by atoms with Crippen LogP contribution in [-0.2, 0) is 9.59 Å². The normalized spacial score (nSPS) is 11.4. The average Bonchev–Trinajstić information content (AvgIpc) is 2.03. The molecule has 77 valence electrons. The number of carbonyl (C=O) groups is 1. The van der Waals surface area contributed by atoms with E-state index in [2.05, 4.69) is 0 Å². The van der Waals surface area contributed by atoms with Crippen LogP contribution in [0.25, 0.3) is 0 Å². The second-order valence-corrected chi connectivity index (χ2v) is 3.81. The molecule has 0 saturated heterocycles. The minimum absolute atomic E-state index is 0.155. The summed E-state index contributed by atoms with van der Waals surface area (Å²) >= 11 is 0. The zero-order valence-electron chi connectivity index (χ0n) is 9.26. The van der Waals surface area contributed by atoms with Crippen molar-refractivity contribution in [3.63, 3.8) is 0 Å². The molecule has 0 aromatic carbocycles. The van der Waals surface area contributed by atoms with Crippen LogP contribution in [0.1, 0.15) is 34.1 Å². The molecule has 0 saturated carbocycles. The Labute approximate surface area is 85.7 Å². The lowest BCUT2D eigenvalue weighted by molar-refractivity contribution is -0.116. The van der Waals surface area contributed by atoms with Crippen molar-refractivity contribution < 1.29 is 9.59 Å². The molecule has 2 heteroatoms. The summed E-state index contributed by atoms with van der Waals surface area (Å²) in [6.45, 7) is 7.54. The minimum atomic E-state index is -0.639. The fourth-order valence-electron chi connectivity index (χ4n) is 0.961. The molecule has 1 radical (unpaired) electrons. The van der Waals surface area contributed by atoms with E-state index in [1.807, 2.05) is 33.8 Å². The first-order valence-electron chi connectivity index (χ1n) is 4.67. The van der Waals surface area contributed by atoms with E-state index in [0.717, 1.165) is 11.1 Å². The topological polar surface area (TPSA) is 34.1 Å². The number of rotatable bonds is 5. The first-order chi connectivity index (χ1) is 6.47. The largest absolute Gasteiger partial charge is 0.294 e. The average molecular weight is 193 g/mol. The van der Waals surface area contributed by atoms with Gasteiger partial charge >= 0.3 is 0 Å². The summed E-state index contributed by atoms with van der Waals surface area (Å²) in [5.41, 5.74) is 2.02. The predicted octanol–water partition coefficient (Wildman–Crippen LogP) is 2.60. The molecular formula is C12H17O2. The third kappa shape index (κ3) is 5.46. The molecular weight excluding hydrogens is 176 g/mol. The molecule has 14 heavy (non-hydrogen) atoms. The fraction of sp³-hybridized carbons (Fsp3) is 0.500. The molecule has 0 heterocycles. The Kier molecular flexibility index (Phi) is 5.77. The van der Waals surface area contributed by atoms with Gasteiger partial charge in [-0.25, -0.2) is 0 Å². The molecule has 0 bridgehead atoms. The molecule has 0 aromatic rings. The summed E-state index contributed by atoms with van der Waals surface area (Å²) < 4.78 is 0. The molecule has 1 unspecified atom stereocenters. The van der Waals surface area contributed by atoms with Gasteiger partial charge in [0.05, 0.1) is 5.92 Å². The summed E-state index contributed by atoms with van der Waals surface area (Å²) in [6.07, 6.45) is 5.60. The van der Waals surface area contributed by atoms with Gasteiger partial charge in [-0.1, -0.05) is 17.2 Å². The van der Waals surface area contributed by atoms with Crippen LogP contribution in [0.4, 0.5) is 0 Å². The van der Waals surface area contributed by atoms with Crippen LogP contribution in [0.2, 0.25) is 0 Å². The molecule has 1 atom stereocenters. The third-order valence-corrected chi connectivity index (χ3v) is 1.68. The van der Waals surface area contributed by atoms with Crippen LogP contribution in [0, 0.1) is 5.92 Å². The van der Waals surface area contributed by atoms with Gasteiger partial charge in [0.2, 0.25) is 6.29 Å². The van der Waals surface area contributed by atoms with Crippen molar-refractivity contribution in [3.05, 3.63) is 23.3 Å². The van der Waals surface area contributed by atoms with Crippen molar-refractivity contribution in [2.75, 3.05) is 0 Å². The Morgan fingerprint density at radius 2 is 1.79 bits per heavy atom. The molecule has 0 spiro atoms. The minimum Gasteiger partial charge on any atom is -0.294 e. The maximum absolute atomic E-state index is 11.4. The van der Waals surface area contributed by atoms with E-state index in [0.29, 0.717) is 6.42 Å². The van der Waals surface area contributed by atoms with E-state index in [9.17, 15) is 9.59 Å². The zero-order valence-corrected chi connectivity index (χ0v) is 9.26. The van der Waals surface area contributed by atoms with Crippen molar-refractivity contribution in [2.45, 2.75) is 34.1 Å². The zero-order chi connectivity index (χ0) is 11.1. The smallest absolute Gasteiger partial charge is 0.210 e. The molecule has 0 aromatic heterocycles. The maximum atomic E-state index is 11.4. The summed E-state index contributed by atoms with van der Waals surface area (Å²) in [5.74, 6) is -0.794. The molecule has 0 aliphatic carbocycles. The molecule has 0 N–H and O–H groups in total. The van der Waals surface area contributed by atoms with Crippen molar-refractivity contribution in [2.24, 2.45) is 5.92 Å². The van der Waals surface area contributed by atoms with Crippen molar-refractivity contribution in [1.29, 1.82) is 0 Å². The summed E-state index contributed by atoms with van der Waals surface area (Å²) in [7, 11) is 0. The number of allylic oxidation sites excluding steroid dienone is 4. The van der Waals surface area contributed by atoms with Crippen LogP contribution < -0.4 is 0 Å². The second kappa shape index (κ2) is 6.30. The Bertz CT molecular complexity index is 264. The number of hydrogen-bond donors (Lipinski definition) is 0. The van der Waals surface area contributed by atoms with Crippen LogP contribution >= 0.6 is 0 Å². The highest BCUT2D eigenvalue weighted by atomic mass is 16.1. The fourth-order valence-corrected chi connectivity index (χ4v) is 0.961. The van der Waals surface area contributed by atoms with E-state index in [4.69, 9.17) is 0 Å². The van der Waals surface area contributed by atoms with E-state index in [1.54, 1.807) is 6.29 Å². The van der Waals surface area contributed by atoms with Gasteiger partial charge in [-0.3, -0.25) is 9.59 Å². The highest BCUT2D eigenvalue weighted by Gasteiger charge is 2.14. The van der Waals surface area contributed by atoms with Crippen molar-refractivity contribution >= 4 is 12.1 Å². The molecule has 0 aliphatic heterocycles. The van der Waals surface area contributed by atoms with Gasteiger partial charge in [-0.2, -0.15) is 0 Å². The predicted molar refractivity (Wildman–Crippen MR) is 57.7 cm³/mol. The van der Waals surface area contributed by atoms with Gasteiger partial charge in [0.15, 0.2) is 5.78 Å². The first-order valence-corrected chi connectivity index (χ1v) is 4.67. The first kappa shape index (κ1) is 12.8. The van der Waals surface area contributed by atoms with E-state index in [-0.39, 0.29) is 5.78 Å². The quantitative estimate of drug-likeness (QED) is 0.382. The van der Waals surface area contributed by atoms with Gasteiger partial charge in [-0.15, -0.1) is 0 Å². The third-order valence-electron chi connectivity index (χ3n) is 1.68. The SMILES string of the molecule is CC(C)=CCC([C]=O)C(=O)C=C(C)C. The summed E-state index contributed by atoms with van der Waals surface area (Å²) in [5, 5.41) is 0. The summed E-state index contributed by atoms with van der Waals surface area (Å²) in [4.78, 5) is 22.0. The van der Waals surface area contributed by atoms with E-state index >= 15 is 0 Å². The molecule has 0 rings (SSSR count). The molecule has 2 nitrogen and oxygen atoms in total. The molecule has 0 amide bonds. The Morgan fingerprint density at radius 3 is 2.14 bits per heavy atom. The number of carbonyl (C=O) groups excluding carboxylic acids is 2. The van der Waals surface area contributed by atoms with Crippen molar-refractivity contribution in [3.8, 4) is 0 Å². The Balaban J connectivity index is 4.42.